The molecule has 226 valence electrons. The topological polar surface area (TPSA) is 146 Å². The third-order valence-electron chi connectivity index (χ3n) is 7.47. The first-order valence-corrected chi connectivity index (χ1v) is 16.1. The van der Waals surface area contributed by atoms with Gasteiger partial charge in [-0.25, -0.2) is 4.79 Å². The molecular weight excluding hydrogens is 559 g/mol. The van der Waals surface area contributed by atoms with Crippen molar-refractivity contribution in [1.82, 2.24) is 15.1 Å². The summed E-state index contributed by atoms with van der Waals surface area (Å²) >= 11 is 0. The standard InChI is InChI=1S/C29H39N6O6P/c1-3-40-42(38,41-4-2)21-27(28(36)35-18-16-34(17-19-35)15-9-14-31-33-30)32-29(37)39-20-26-24-12-7-5-10-22(24)23-11-6-8-13-25(23)26/h5-8,10-13,26-27H,3-4,9,14-21H2,1-2H3,(H,32,37)/t27-/m0/s1. The summed E-state index contributed by atoms with van der Waals surface area (Å²) in [5.74, 6) is -0.501. The largest absolute Gasteiger partial charge is 0.449 e. The van der Waals surface area contributed by atoms with Crippen molar-refractivity contribution in [2.45, 2.75) is 32.2 Å². The van der Waals surface area contributed by atoms with Gasteiger partial charge >= 0.3 is 13.7 Å². The van der Waals surface area contributed by atoms with Gasteiger partial charge in [0.25, 0.3) is 0 Å². The van der Waals surface area contributed by atoms with Gasteiger partial charge in [-0.3, -0.25) is 14.3 Å². The molecule has 2 amide bonds. The van der Waals surface area contributed by atoms with Crippen molar-refractivity contribution in [2.75, 3.05) is 65.3 Å². The molecule has 0 saturated carbocycles. The van der Waals surface area contributed by atoms with Gasteiger partial charge < -0.3 is 24.0 Å². The van der Waals surface area contributed by atoms with Gasteiger partial charge in [0.2, 0.25) is 5.91 Å². The molecule has 0 unspecified atom stereocenters. The molecule has 13 heteroatoms. The van der Waals surface area contributed by atoms with E-state index in [-0.39, 0.29) is 37.8 Å². The molecule has 0 spiro atoms. The van der Waals surface area contributed by atoms with Crippen LogP contribution in [0.2, 0.25) is 0 Å². The van der Waals surface area contributed by atoms with Crippen molar-refractivity contribution < 1.29 is 27.9 Å². The van der Waals surface area contributed by atoms with Crippen LogP contribution >= 0.6 is 7.60 Å². The van der Waals surface area contributed by atoms with Crippen molar-refractivity contribution >= 4 is 19.6 Å². The molecule has 0 bridgehead atoms. The number of ether oxygens (including phenoxy) is 1. The zero-order chi connectivity index (χ0) is 30.0. The Balaban J connectivity index is 1.42. The molecule has 1 heterocycles. The van der Waals surface area contributed by atoms with Crippen molar-refractivity contribution in [2.24, 2.45) is 5.11 Å². The number of rotatable bonds is 14. The van der Waals surface area contributed by atoms with Crippen LogP contribution in [0.4, 0.5) is 4.79 Å². The van der Waals surface area contributed by atoms with E-state index in [1.807, 2.05) is 36.4 Å². The molecule has 0 aromatic heterocycles. The highest BCUT2D eigenvalue weighted by Gasteiger charge is 2.37. The maximum atomic E-state index is 13.7. The molecule has 42 heavy (non-hydrogen) atoms. The van der Waals surface area contributed by atoms with Gasteiger partial charge in [-0.15, -0.1) is 0 Å². The Hall–Kier alpha value is -3.40. The lowest BCUT2D eigenvalue weighted by Gasteiger charge is -2.36. The molecule has 2 aromatic carbocycles. The minimum atomic E-state index is -3.67. The molecule has 1 saturated heterocycles. The van der Waals surface area contributed by atoms with Crippen molar-refractivity contribution in [3.8, 4) is 11.1 Å². The fourth-order valence-corrected chi connectivity index (χ4v) is 7.32. The highest BCUT2D eigenvalue weighted by molar-refractivity contribution is 7.54. The van der Waals surface area contributed by atoms with E-state index in [2.05, 4.69) is 32.4 Å². The smallest absolute Gasteiger partial charge is 0.407 e. The zero-order valence-electron chi connectivity index (χ0n) is 24.2. The van der Waals surface area contributed by atoms with E-state index < -0.39 is 19.7 Å². The van der Waals surface area contributed by atoms with Crippen LogP contribution in [-0.2, 0) is 23.1 Å². The van der Waals surface area contributed by atoms with Gasteiger partial charge in [0.15, 0.2) is 0 Å². The fraction of sp³-hybridized carbons (Fsp3) is 0.517. The summed E-state index contributed by atoms with van der Waals surface area (Å²) in [6, 6.07) is 14.9. The van der Waals surface area contributed by atoms with E-state index in [1.165, 1.54) is 0 Å². The molecule has 1 aliphatic carbocycles. The van der Waals surface area contributed by atoms with Crippen LogP contribution in [-0.4, -0.2) is 93.1 Å². The number of alkyl carbamates (subject to hydrolysis) is 1. The number of carbonyl (C=O) groups excluding carboxylic acids is 2. The number of piperazine rings is 1. The van der Waals surface area contributed by atoms with E-state index in [9.17, 15) is 14.2 Å². The Kier molecular flexibility index (Phi) is 11.4. The Morgan fingerprint density at radius 3 is 2.19 bits per heavy atom. The number of amides is 2. The average Bonchev–Trinajstić information content (AvgIpc) is 3.32. The highest BCUT2D eigenvalue weighted by Crippen LogP contribution is 2.49. The normalized spacial score (nSPS) is 15.8. The Morgan fingerprint density at radius 2 is 1.62 bits per heavy atom. The predicted octanol–water partition coefficient (Wildman–Crippen LogP) is 5.00. The number of fused-ring (bicyclic) bond motifs is 3. The number of carbonyl (C=O) groups is 2. The summed E-state index contributed by atoms with van der Waals surface area (Å²) in [5, 5.41) is 6.24. The predicted molar refractivity (Wildman–Crippen MR) is 159 cm³/mol. The summed E-state index contributed by atoms with van der Waals surface area (Å²) in [6.07, 6.45) is -0.341. The molecule has 1 N–H and O–H groups in total. The number of azide groups is 1. The van der Waals surface area contributed by atoms with Crippen LogP contribution in [0.1, 0.15) is 37.3 Å². The van der Waals surface area contributed by atoms with Gasteiger partial charge in [0.05, 0.1) is 19.4 Å². The van der Waals surface area contributed by atoms with E-state index in [0.717, 1.165) is 35.2 Å². The van der Waals surface area contributed by atoms with Crippen molar-refractivity contribution in [1.29, 1.82) is 0 Å². The van der Waals surface area contributed by atoms with E-state index >= 15 is 0 Å². The Morgan fingerprint density at radius 1 is 1.02 bits per heavy atom. The highest BCUT2D eigenvalue weighted by atomic mass is 31.2. The molecule has 12 nitrogen and oxygen atoms in total. The average molecular weight is 599 g/mol. The summed E-state index contributed by atoms with van der Waals surface area (Å²) in [5.41, 5.74) is 12.8. The van der Waals surface area contributed by atoms with Gasteiger partial charge in [-0.1, -0.05) is 53.6 Å². The molecule has 2 aromatic rings. The second kappa shape index (κ2) is 15.2. The van der Waals surface area contributed by atoms with Crippen LogP contribution in [0.3, 0.4) is 0 Å². The lowest BCUT2D eigenvalue weighted by atomic mass is 9.98. The molecule has 1 fully saturated rings. The van der Waals surface area contributed by atoms with Crippen LogP contribution < -0.4 is 5.32 Å². The summed E-state index contributed by atoms with van der Waals surface area (Å²) in [4.78, 5) is 33.4. The molecular formula is C29H39N6O6P. The summed E-state index contributed by atoms with van der Waals surface area (Å²) < 4.78 is 30.0. The van der Waals surface area contributed by atoms with Gasteiger partial charge in [0.1, 0.15) is 12.6 Å². The molecule has 1 atom stereocenters. The lowest BCUT2D eigenvalue weighted by Crippen LogP contribution is -2.56. The maximum absolute atomic E-state index is 13.7. The number of hydrogen-bond donors (Lipinski definition) is 1. The monoisotopic (exact) mass is 598 g/mol. The van der Waals surface area contributed by atoms with Gasteiger partial charge in [-0.05, 0) is 54.6 Å². The first-order valence-electron chi connectivity index (χ1n) is 14.4. The molecule has 0 radical (unpaired) electrons. The number of hydrogen-bond acceptors (Lipinski definition) is 8. The number of nitrogens with zero attached hydrogens (tertiary/aromatic N) is 5. The van der Waals surface area contributed by atoms with E-state index in [4.69, 9.17) is 19.3 Å². The minimum absolute atomic E-state index is 0.0872. The van der Waals surface area contributed by atoms with Crippen LogP contribution in [0.25, 0.3) is 21.6 Å². The molecule has 2 aliphatic rings. The maximum Gasteiger partial charge on any atom is 0.407 e. The number of benzene rings is 2. The SMILES string of the molecule is CCOP(=O)(C[C@H](NC(=O)OCC1c2ccccc2-c2ccccc21)C(=O)N1CCN(CCCN=[N+]=[N-])CC1)OCC. The minimum Gasteiger partial charge on any atom is -0.449 e. The second-order valence-corrected chi connectivity index (χ2v) is 12.2. The molecule has 1 aliphatic heterocycles. The molecule has 4 rings (SSSR count). The van der Waals surface area contributed by atoms with E-state index in [1.54, 1.807) is 18.7 Å². The summed E-state index contributed by atoms with van der Waals surface area (Å²) in [6.45, 7) is 7.08. The fourth-order valence-electron chi connectivity index (χ4n) is 5.55. The first-order chi connectivity index (χ1) is 20.4. The second-order valence-electron chi connectivity index (χ2n) is 10.1. The Labute approximate surface area is 246 Å². The number of nitrogens with one attached hydrogen (secondary N) is 1. The van der Waals surface area contributed by atoms with Crippen LogP contribution in [0.15, 0.2) is 53.6 Å². The summed E-state index contributed by atoms with van der Waals surface area (Å²) in [7, 11) is -3.67. The van der Waals surface area contributed by atoms with Crippen LogP contribution in [0.5, 0.6) is 0 Å². The van der Waals surface area contributed by atoms with Crippen molar-refractivity contribution in [3.63, 3.8) is 0 Å². The zero-order valence-corrected chi connectivity index (χ0v) is 25.1. The third kappa shape index (κ3) is 7.91. The van der Waals surface area contributed by atoms with E-state index in [0.29, 0.717) is 32.7 Å². The van der Waals surface area contributed by atoms with Crippen LogP contribution in [0, 0.1) is 0 Å². The third-order valence-corrected chi connectivity index (χ3v) is 9.59. The van der Waals surface area contributed by atoms with Crippen molar-refractivity contribution in [3.05, 3.63) is 70.1 Å². The quantitative estimate of drug-likeness (QED) is 0.106. The van der Waals surface area contributed by atoms with Gasteiger partial charge in [0, 0.05) is 43.6 Å². The lowest BCUT2D eigenvalue weighted by molar-refractivity contribution is -0.134. The van der Waals surface area contributed by atoms with Gasteiger partial charge in [-0.2, -0.15) is 0 Å². The first kappa shape index (κ1) is 31.5. The Bertz CT molecular complexity index is 1270.